The quantitative estimate of drug-likeness (QED) is 0.634. The van der Waals surface area contributed by atoms with E-state index in [2.05, 4.69) is 0 Å². The average Bonchev–Trinajstić information content (AvgIpc) is 2.53. The first kappa shape index (κ1) is 18.8. The van der Waals surface area contributed by atoms with Crippen LogP contribution in [0, 0.1) is 18.3 Å². The highest BCUT2D eigenvalue weighted by atomic mass is 35.5. The summed E-state index contributed by atoms with van der Waals surface area (Å²) < 4.78 is 6.17. The predicted molar refractivity (Wildman–Crippen MR) is 93.2 cm³/mol. The first-order chi connectivity index (χ1) is 11.8. The summed E-state index contributed by atoms with van der Waals surface area (Å²) in [6.07, 6.45) is 0.276. The summed E-state index contributed by atoms with van der Waals surface area (Å²) in [6.45, 7) is 1.68. The standard InChI is InChI=1S/C17H14Cl2N2O4/c1-10-7-15(22)21(16(23)13(10)9-20)5-2-6-25-17(24)12-4-3-11(18)8-14(12)19/h3-4,7-8,23H,2,5-6H2,1H3. The largest absolute Gasteiger partial charge is 0.493 e. The predicted octanol–water partition coefficient (Wildman–Crippen LogP) is 3.29. The molecule has 0 bridgehead atoms. The van der Waals surface area contributed by atoms with E-state index in [1.807, 2.05) is 6.07 Å². The maximum atomic E-state index is 12.0. The molecule has 1 aromatic carbocycles. The van der Waals surface area contributed by atoms with E-state index >= 15 is 0 Å². The Hall–Kier alpha value is -2.49. The Morgan fingerprint density at radius 3 is 2.72 bits per heavy atom. The topological polar surface area (TPSA) is 92.3 Å². The molecule has 1 aromatic heterocycles. The number of nitrogens with zero attached hydrogens (tertiary/aromatic N) is 2. The summed E-state index contributed by atoms with van der Waals surface area (Å²) in [6, 6.07) is 7.55. The van der Waals surface area contributed by atoms with Gasteiger partial charge >= 0.3 is 5.97 Å². The number of hydrogen-bond donors (Lipinski definition) is 1. The van der Waals surface area contributed by atoms with Crippen molar-refractivity contribution in [3.8, 4) is 11.9 Å². The van der Waals surface area contributed by atoms with Gasteiger partial charge in [0.1, 0.15) is 11.6 Å². The molecule has 0 fully saturated rings. The van der Waals surface area contributed by atoms with Crippen LogP contribution in [-0.4, -0.2) is 22.2 Å². The van der Waals surface area contributed by atoms with E-state index in [0.717, 1.165) is 4.57 Å². The Balaban J connectivity index is 1.99. The summed E-state index contributed by atoms with van der Waals surface area (Å²) in [5.74, 6) is -1.00. The van der Waals surface area contributed by atoms with Crippen LogP contribution in [0.15, 0.2) is 29.1 Å². The van der Waals surface area contributed by atoms with Gasteiger partial charge in [0, 0.05) is 17.6 Å². The van der Waals surface area contributed by atoms with Crippen LogP contribution in [0.3, 0.4) is 0 Å². The zero-order valence-electron chi connectivity index (χ0n) is 13.3. The summed E-state index contributed by atoms with van der Waals surface area (Å²) in [5.41, 5.74) is 0.212. The molecule has 1 heterocycles. The molecule has 0 saturated carbocycles. The van der Waals surface area contributed by atoms with E-state index in [0.29, 0.717) is 10.6 Å². The van der Waals surface area contributed by atoms with Gasteiger partial charge in [0.2, 0.25) is 5.88 Å². The van der Waals surface area contributed by atoms with E-state index < -0.39 is 11.5 Å². The van der Waals surface area contributed by atoms with E-state index in [4.69, 9.17) is 33.2 Å². The van der Waals surface area contributed by atoms with E-state index in [1.165, 1.54) is 24.3 Å². The number of aromatic hydroxyl groups is 1. The van der Waals surface area contributed by atoms with Crippen molar-refractivity contribution in [1.29, 1.82) is 5.26 Å². The lowest BCUT2D eigenvalue weighted by Crippen LogP contribution is -2.22. The van der Waals surface area contributed by atoms with Gasteiger partial charge in [-0.15, -0.1) is 0 Å². The van der Waals surface area contributed by atoms with Crippen LogP contribution in [0.1, 0.15) is 27.9 Å². The molecular weight excluding hydrogens is 367 g/mol. The molecule has 0 saturated heterocycles. The number of halogens is 2. The number of carbonyl (C=O) groups excluding carboxylic acids is 1. The SMILES string of the molecule is Cc1cc(=O)n(CCCOC(=O)c2ccc(Cl)cc2Cl)c(O)c1C#N. The fraction of sp³-hybridized carbons (Fsp3) is 0.235. The lowest BCUT2D eigenvalue weighted by atomic mass is 10.1. The van der Waals surface area contributed by atoms with Crippen molar-refractivity contribution in [2.45, 2.75) is 19.9 Å². The van der Waals surface area contributed by atoms with Gasteiger partial charge in [-0.1, -0.05) is 23.2 Å². The molecule has 0 aliphatic carbocycles. The molecular formula is C17H14Cl2N2O4. The van der Waals surface area contributed by atoms with Gasteiger partial charge in [0.25, 0.3) is 5.56 Å². The normalized spacial score (nSPS) is 10.3. The fourth-order valence-electron chi connectivity index (χ4n) is 2.23. The lowest BCUT2D eigenvalue weighted by Gasteiger charge is -2.11. The molecule has 2 aromatic rings. The van der Waals surface area contributed by atoms with Crippen LogP contribution in [0.5, 0.6) is 5.88 Å². The van der Waals surface area contributed by atoms with Gasteiger partial charge in [0.15, 0.2) is 0 Å². The Labute approximate surface area is 153 Å². The minimum absolute atomic E-state index is 0.0133. The molecule has 0 aliphatic rings. The lowest BCUT2D eigenvalue weighted by molar-refractivity contribution is 0.0495. The Morgan fingerprint density at radius 1 is 1.36 bits per heavy atom. The van der Waals surface area contributed by atoms with Gasteiger partial charge < -0.3 is 9.84 Å². The van der Waals surface area contributed by atoms with Crippen molar-refractivity contribution >= 4 is 29.2 Å². The first-order valence-corrected chi connectivity index (χ1v) is 8.06. The fourth-order valence-corrected chi connectivity index (χ4v) is 2.71. The maximum absolute atomic E-state index is 12.0. The second-order valence-electron chi connectivity index (χ2n) is 5.24. The van der Waals surface area contributed by atoms with Gasteiger partial charge in [0.05, 0.1) is 17.2 Å². The molecule has 0 radical (unpaired) electrons. The van der Waals surface area contributed by atoms with Crippen LogP contribution in [-0.2, 0) is 11.3 Å². The maximum Gasteiger partial charge on any atom is 0.339 e. The molecule has 0 atom stereocenters. The third-order valence-electron chi connectivity index (χ3n) is 3.50. The molecule has 0 amide bonds. The second kappa shape index (κ2) is 8.06. The molecule has 2 rings (SSSR count). The zero-order valence-corrected chi connectivity index (χ0v) is 14.8. The Kier molecular flexibility index (Phi) is 6.07. The van der Waals surface area contributed by atoms with Crippen molar-refractivity contribution in [2.24, 2.45) is 0 Å². The highest BCUT2D eigenvalue weighted by Crippen LogP contribution is 2.22. The summed E-state index contributed by atoms with van der Waals surface area (Å²) in [7, 11) is 0. The van der Waals surface area contributed by atoms with Gasteiger partial charge in [-0.05, 0) is 37.1 Å². The van der Waals surface area contributed by atoms with Crippen molar-refractivity contribution < 1.29 is 14.6 Å². The number of carbonyl (C=O) groups is 1. The number of aryl methyl sites for hydroxylation is 1. The number of aromatic nitrogens is 1. The monoisotopic (exact) mass is 380 g/mol. The smallest absolute Gasteiger partial charge is 0.339 e. The highest BCUT2D eigenvalue weighted by molar-refractivity contribution is 6.36. The number of pyridine rings is 1. The van der Waals surface area contributed by atoms with Crippen LogP contribution in [0.25, 0.3) is 0 Å². The Morgan fingerprint density at radius 2 is 2.08 bits per heavy atom. The first-order valence-electron chi connectivity index (χ1n) is 7.31. The van der Waals surface area contributed by atoms with Crippen molar-refractivity contribution in [1.82, 2.24) is 4.57 Å². The number of esters is 1. The third-order valence-corrected chi connectivity index (χ3v) is 4.05. The van der Waals surface area contributed by atoms with Crippen LogP contribution in [0.4, 0.5) is 0 Å². The summed E-state index contributed by atoms with van der Waals surface area (Å²) in [4.78, 5) is 23.9. The van der Waals surface area contributed by atoms with Crippen LogP contribution in [0.2, 0.25) is 10.0 Å². The Bertz CT molecular complexity index is 916. The number of rotatable bonds is 5. The number of hydrogen-bond acceptors (Lipinski definition) is 5. The van der Waals surface area contributed by atoms with Crippen LogP contribution >= 0.6 is 23.2 Å². The third kappa shape index (κ3) is 4.32. The van der Waals surface area contributed by atoms with Crippen molar-refractivity contribution in [3.63, 3.8) is 0 Å². The van der Waals surface area contributed by atoms with Gasteiger partial charge in [-0.25, -0.2) is 4.79 Å². The van der Waals surface area contributed by atoms with Gasteiger partial charge in [-0.2, -0.15) is 5.26 Å². The van der Waals surface area contributed by atoms with Gasteiger partial charge in [-0.3, -0.25) is 9.36 Å². The second-order valence-corrected chi connectivity index (χ2v) is 6.08. The van der Waals surface area contributed by atoms with E-state index in [9.17, 15) is 14.7 Å². The molecule has 25 heavy (non-hydrogen) atoms. The average molecular weight is 381 g/mol. The molecule has 0 unspecified atom stereocenters. The number of nitriles is 1. The summed E-state index contributed by atoms with van der Waals surface area (Å²) >= 11 is 11.7. The van der Waals surface area contributed by atoms with Crippen LogP contribution < -0.4 is 5.56 Å². The van der Waals surface area contributed by atoms with Crippen molar-refractivity contribution in [3.05, 3.63) is 61.4 Å². The highest BCUT2D eigenvalue weighted by Gasteiger charge is 2.14. The molecule has 6 nitrogen and oxygen atoms in total. The molecule has 8 heteroatoms. The van der Waals surface area contributed by atoms with E-state index in [-0.39, 0.29) is 41.6 Å². The minimum atomic E-state index is -0.611. The molecule has 1 N–H and O–H groups in total. The van der Waals surface area contributed by atoms with Crippen molar-refractivity contribution in [2.75, 3.05) is 6.61 Å². The zero-order chi connectivity index (χ0) is 18.6. The summed E-state index contributed by atoms with van der Waals surface area (Å²) in [5, 5.41) is 19.6. The number of benzene rings is 1. The van der Waals surface area contributed by atoms with E-state index in [1.54, 1.807) is 6.92 Å². The molecule has 0 aliphatic heterocycles. The number of ether oxygens (including phenoxy) is 1. The molecule has 130 valence electrons. The molecule has 0 spiro atoms. The minimum Gasteiger partial charge on any atom is -0.493 e.